The fraction of sp³-hybridized carbons (Fsp3) is 0.625. The predicted octanol–water partition coefficient (Wildman–Crippen LogP) is 1.67. The van der Waals surface area contributed by atoms with Gasteiger partial charge in [-0.25, -0.2) is 0 Å². The molecule has 1 heterocycles. The molecular formula is C16H24N2O. The van der Waals surface area contributed by atoms with Gasteiger partial charge in [-0.05, 0) is 31.0 Å². The first-order chi connectivity index (χ1) is 9.20. The van der Waals surface area contributed by atoms with Crippen LogP contribution in [0.2, 0.25) is 0 Å². The summed E-state index contributed by atoms with van der Waals surface area (Å²) in [5.41, 5.74) is 2.46. The second kappa shape index (κ2) is 5.23. The largest absolute Gasteiger partial charge is 0.387 e. The van der Waals surface area contributed by atoms with Crippen LogP contribution < -0.4 is 0 Å². The molecule has 1 fully saturated rings. The zero-order chi connectivity index (χ0) is 13.4. The average molecular weight is 260 g/mol. The van der Waals surface area contributed by atoms with Crippen molar-refractivity contribution >= 4 is 0 Å². The molecule has 0 spiro atoms. The topological polar surface area (TPSA) is 26.7 Å². The average Bonchev–Trinajstić information content (AvgIpc) is 2.77. The van der Waals surface area contributed by atoms with Crippen LogP contribution in [0.25, 0.3) is 0 Å². The summed E-state index contributed by atoms with van der Waals surface area (Å²) in [4.78, 5) is 5.01. The molecule has 1 N–H and O–H groups in total. The standard InChI is InChI=1S/C16H24N2O/c1-3-17-8-9-18(11-12(17)2)15-10-13-6-4-5-7-14(13)16(15)19/h4-7,12,15-16,19H,3,8-11H2,1-2H3. The van der Waals surface area contributed by atoms with Crippen molar-refractivity contribution in [3.8, 4) is 0 Å². The molecule has 104 valence electrons. The van der Waals surface area contributed by atoms with Crippen molar-refractivity contribution in [3.63, 3.8) is 0 Å². The second-order valence-corrected chi connectivity index (χ2v) is 5.89. The van der Waals surface area contributed by atoms with Gasteiger partial charge in [0.25, 0.3) is 0 Å². The van der Waals surface area contributed by atoms with Crippen LogP contribution >= 0.6 is 0 Å². The van der Waals surface area contributed by atoms with Crippen molar-refractivity contribution in [2.75, 3.05) is 26.2 Å². The van der Waals surface area contributed by atoms with Gasteiger partial charge in [0, 0.05) is 31.7 Å². The van der Waals surface area contributed by atoms with E-state index in [0.717, 1.165) is 38.2 Å². The van der Waals surface area contributed by atoms with Gasteiger partial charge in [0.2, 0.25) is 0 Å². The number of likely N-dealkylation sites (N-methyl/N-ethyl adjacent to an activating group) is 1. The van der Waals surface area contributed by atoms with Crippen LogP contribution in [0.3, 0.4) is 0 Å². The zero-order valence-electron chi connectivity index (χ0n) is 11.9. The number of nitrogens with zero attached hydrogens (tertiary/aromatic N) is 2. The van der Waals surface area contributed by atoms with Crippen molar-refractivity contribution in [3.05, 3.63) is 35.4 Å². The number of fused-ring (bicyclic) bond motifs is 1. The van der Waals surface area contributed by atoms with Crippen LogP contribution in [-0.4, -0.2) is 53.2 Å². The SMILES string of the molecule is CCN1CCN(C2Cc3ccccc3C2O)CC1C. The Morgan fingerprint density at radius 2 is 2.05 bits per heavy atom. The number of aliphatic hydroxyl groups excluding tert-OH is 1. The fourth-order valence-corrected chi connectivity index (χ4v) is 3.68. The van der Waals surface area contributed by atoms with Gasteiger partial charge in [-0.2, -0.15) is 0 Å². The Morgan fingerprint density at radius 1 is 1.26 bits per heavy atom. The molecular weight excluding hydrogens is 236 g/mol. The minimum atomic E-state index is -0.309. The summed E-state index contributed by atoms with van der Waals surface area (Å²) in [5.74, 6) is 0. The van der Waals surface area contributed by atoms with Crippen molar-refractivity contribution in [1.29, 1.82) is 0 Å². The van der Waals surface area contributed by atoms with Crippen molar-refractivity contribution < 1.29 is 5.11 Å². The van der Waals surface area contributed by atoms with Crippen LogP contribution in [0, 0.1) is 0 Å². The first-order valence-corrected chi connectivity index (χ1v) is 7.44. The Bertz CT molecular complexity index is 448. The third kappa shape index (κ3) is 2.31. The van der Waals surface area contributed by atoms with E-state index in [1.807, 2.05) is 6.07 Å². The Morgan fingerprint density at radius 3 is 2.74 bits per heavy atom. The summed E-state index contributed by atoms with van der Waals surface area (Å²) in [6.07, 6.45) is 0.687. The van der Waals surface area contributed by atoms with E-state index in [1.54, 1.807) is 0 Å². The zero-order valence-corrected chi connectivity index (χ0v) is 11.9. The molecule has 1 aliphatic heterocycles. The molecule has 3 atom stereocenters. The minimum absolute atomic E-state index is 0.277. The molecule has 1 saturated heterocycles. The van der Waals surface area contributed by atoms with Gasteiger partial charge in [-0.15, -0.1) is 0 Å². The van der Waals surface area contributed by atoms with Gasteiger partial charge < -0.3 is 5.11 Å². The van der Waals surface area contributed by atoms with Crippen LogP contribution in [0.1, 0.15) is 31.1 Å². The maximum atomic E-state index is 10.5. The van der Waals surface area contributed by atoms with Crippen LogP contribution in [0.4, 0.5) is 0 Å². The molecule has 0 bridgehead atoms. The number of aliphatic hydroxyl groups is 1. The lowest BCUT2D eigenvalue weighted by Crippen LogP contribution is -2.55. The summed E-state index contributed by atoms with van der Waals surface area (Å²) < 4.78 is 0. The van der Waals surface area contributed by atoms with Gasteiger partial charge in [0.15, 0.2) is 0 Å². The molecule has 0 aromatic heterocycles. The van der Waals surface area contributed by atoms with Crippen LogP contribution in [0.5, 0.6) is 0 Å². The smallest absolute Gasteiger partial charge is 0.0951 e. The summed E-state index contributed by atoms with van der Waals surface area (Å²) in [6.45, 7) is 8.92. The molecule has 2 aliphatic rings. The van der Waals surface area contributed by atoms with E-state index < -0.39 is 0 Å². The van der Waals surface area contributed by atoms with Gasteiger partial charge in [-0.1, -0.05) is 31.2 Å². The summed E-state index contributed by atoms with van der Waals surface area (Å²) >= 11 is 0. The summed E-state index contributed by atoms with van der Waals surface area (Å²) in [5, 5.41) is 10.5. The lowest BCUT2D eigenvalue weighted by atomic mass is 10.1. The van der Waals surface area contributed by atoms with Gasteiger partial charge in [-0.3, -0.25) is 9.80 Å². The van der Waals surface area contributed by atoms with Gasteiger partial charge >= 0.3 is 0 Å². The molecule has 0 saturated carbocycles. The highest BCUT2D eigenvalue weighted by molar-refractivity contribution is 5.36. The quantitative estimate of drug-likeness (QED) is 0.876. The normalized spacial score (nSPS) is 32.5. The van der Waals surface area contributed by atoms with Crippen molar-refractivity contribution in [2.24, 2.45) is 0 Å². The van der Waals surface area contributed by atoms with Gasteiger partial charge in [0.05, 0.1) is 6.10 Å². The maximum absolute atomic E-state index is 10.5. The maximum Gasteiger partial charge on any atom is 0.0951 e. The first-order valence-electron chi connectivity index (χ1n) is 7.44. The lowest BCUT2D eigenvalue weighted by Gasteiger charge is -2.42. The van der Waals surface area contributed by atoms with E-state index in [0.29, 0.717) is 6.04 Å². The molecule has 3 rings (SSSR count). The molecule has 1 aromatic rings. The number of hydrogen-bond donors (Lipinski definition) is 1. The highest BCUT2D eigenvalue weighted by atomic mass is 16.3. The van der Waals surface area contributed by atoms with Crippen molar-refractivity contribution in [1.82, 2.24) is 9.80 Å². The number of rotatable bonds is 2. The number of piperazine rings is 1. The Kier molecular flexibility index (Phi) is 3.61. The van der Waals surface area contributed by atoms with E-state index in [4.69, 9.17) is 0 Å². The number of hydrogen-bond acceptors (Lipinski definition) is 3. The third-order valence-electron chi connectivity index (χ3n) is 4.84. The Balaban J connectivity index is 1.72. The lowest BCUT2D eigenvalue weighted by molar-refractivity contribution is 0.00841. The monoisotopic (exact) mass is 260 g/mol. The van der Waals surface area contributed by atoms with Crippen LogP contribution in [0.15, 0.2) is 24.3 Å². The highest BCUT2D eigenvalue weighted by Crippen LogP contribution is 2.35. The molecule has 1 aromatic carbocycles. The molecule has 0 amide bonds. The minimum Gasteiger partial charge on any atom is -0.387 e. The van der Waals surface area contributed by atoms with E-state index in [-0.39, 0.29) is 12.1 Å². The van der Waals surface area contributed by atoms with E-state index >= 15 is 0 Å². The molecule has 3 heteroatoms. The summed E-state index contributed by atoms with van der Waals surface area (Å²) in [6, 6.07) is 9.21. The fourth-order valence-electron chi connectivity index (χ4n) is 3.68. The first kappa shape index (κ1) is 13.1. The number of benzene rings is 1. The molecule has 0 radical (unpaired) electrons. The summed E-state index contributed by atoms with van der Waals surface area (Å²) in [7, 11) is 0. The van der Waals surface area contributed by atoms with Crippen molar-refractivity contribution in [2.45, 2.75) is 38.5 Å². The molecule has 1 aliphatic carbocycles. The molecule has 3 nitrogen and oxygen atoms in total. The molecule has 3 unspecified atom stereocenters. The van der Waals surface area contributed by atoms with E-state index in [1.165, 1.54) is 5.56 Å². The van der Waals surface area contributed by atoms with Gasteiger partial charge in [0.1, 0.15) is 0 Å². The predicted molar refractivity (Wildman–Crippen MR) is 77.2 cm³/mol. The third-order valence-corrected chi connectivity index (χ3v) is 4.84. The van der Waals surface area contributed by atoms with E-state index in [2.05, 4.69) is 41.8 Å². The Labute approximate surface area is 115 Å². The highest BCUT2D eigenvalue weighted by Gasteiger charge is 2.37. The van der Waals surface area contributed by atoms with Crippen LogP contribution in [-0.2, 0) is 6.42 Å². The molecule has 19 heavy (non-hydrogen) atoms. The Hall–Kier alpha value is -0.900. The second-order valence-electron chi connectivity index (χ2n) is 5.89. The van der Waals surface area contributed by atoms with E-state index in [9.17, 15) is 5.11 Å².